The van der Waals surface area contributed by atoms with Crippen molar-refractivity contribution >= 4 is 44.3 Å². The smallest absolute Gasteiger partial charge is 0.227 e. The molecule has 0 atom stereocenters. The largest absolute Gasteiger partial charge is 0.493 e. The SMILES string of the molecule is Br.COc1ccc(C(=O)C[n+]2csc3ccccc32)cc1OC. The molecule has 0 bridgehead atoms. The third-order valence-corrected chi connectivity index (χ3v) is 4.46. The lowest BCUT2D eigenvalue weighted by Crippen LogP contribution is -2.36. The zero-order valence-corrected chi connectivity index (χ0v) is 15.3. The summed E-state index contributed by atoms with van der Waals surface area (Å²) in [6, 6.07) is 13.3. The number of Topliss-reactive ketones (excluding diaryl/α,β-unsaturated/α-hetero) is 1. The molecule has 2 aromatic carbocycles. The number of hydrogen-bond acceptors (Lipinski definition) is 4. The molecular formula is C17H17BrNO3S+. The predicted octanol–water partition coefficient (Wildman–Crippen LogP) is 3.67. The van der Waals surface area contributed by atoms with Gasteiger partial charge in [-0.2, -0.15) is 4.57 Å². The molecule has 0 aliphatic rings. The number of rotatable bonds is 5. The van der Waals surface area contributed by atoms with E-state index in [2.05, 4.69) is 6.07 Å². The second-order valence-corrected chi connectivity index (χ2v) is 5.70. The molecule has 0 saturated heterocycles. The van der Waals surface area contributed by atoms with Crippen LogP contribution in [-0.4, -0.2) is 20.0 Å². The molecule has 6 heteroatoms. The van der Waals surface area contributed by atoms with E-state index in [-0.39, 0.29) is 22.8 Å². The summed E-state index contributed by atoms with van der Waals surface area (Å²) < 4.78 is 13.6. The maximum atomic E-state index is 12.5. The Morgan fingerprint density at radius 3 is 2.57 bits per heavy atom. The van der Waals surface area contributed by atoms with Gasteiger partial charge in [0.2, 0.25) is 23.4 Å². The molecule has 23 heavy (non-hydrogen) atoms. The summed E-state index contributed by atoms with van der Waals surface area (Å²) in [5, 5.41) is 0. The van der Waals surface area contributed by atoms with Crippen molar-refractivity contribution in [2.45, 2.75) is 6.54 Å². The van der Waals surface area contributed by atoms with Crippen LogP contribution in [-0.2, 0) is 6.54 Å². The number of carbonyl (C=O) groups is 1. The molecule has 0 fully saturated rings. The maximum absolute atomic E-state index is 12.5. The van der Waals surface area contributed by atoms with Crippen LogP contribution in [0.4, 0.5) is 0 Å². The normalized spacial score (nSPS) is 10.2. The van der Waals surface area contributed by atoms with Gasteiger partial charge in [0, 0.05) is 11.6 Å². The molecule has 0 N–H and O–H groups in total. The predicted molar refractivity (Wildman–Crippen MR) is 96.2 cm³/mol. The number of ether oxygens (including phenoxy) is 2. The van der Waals surface area contributed by atoms with Crippen LogP contribution >= 0.6 is 28.3 Å². The van der Waals surface area contributed by atoms with Gasteiger partial charge in [-0.3, -0.25) is 4.79 Å². The van der Waals surface area contributed by atoms with Crippen LogP contribution in [0.25, 0.3) is 10.2 Å². The highest BCUT2D eigenvalue weighted by molar-refractivity contribution is 8.93. The average Bonchev–Trinajstić information content (AvgIpc) is 2.97. The molecule has 1 aromatic heterocycles. The van der Waals surface area contributed by atoms with E-state index in [0.29, 0.717) is 23.6 Å². The van der Waals surface area contributed by atoms with E-state index in [9.17, 15) is 4.79 Å². The van der Waals surface area contributed by atoms with E-state index in [0.717, 1.165) is 5.52 Å². The number of ketones is 1. The lowest BCUT2D eigenvalue weighted by Gasteiger charge is -2.08. The van der Waals surface area contributed by atoms with Crippen LogP contribution in [0.2, 0.25) is 0 Å². The lowest BCUT2D eigenvalue weighted by atomic mass is 10.1. The van der Waals surface area contributed by atoms with E-state index < -0.39 is 0 Å². The number of aromatic nitrogens is 1. The number of methoxy groups -OCH3 is 2. The van der Waals surface area contributed by atoms with Gasteiger partial charge in [0.1, 0.15) is 4.70 Å². The van der Waals surface area contributed by atoms with Crippen molar-refractivity contribution in [3.63, 3.8) is 0 Å². The summed E-state index contributed by atoms with van der Waals surface area (Å²) >= 11 is 1.63. The summed E-state index contributed by atoms with van der Waals surface area (Å²) in [6.07, 6.45) is 0. The number of carbonyl (C=O) groups excluding carboxylic acids is 1. The van der Waals surface area contributed by atoms with Crippen molar-refractivity contribution in [1.82, 2.24) is 0 Å². The molecule has 0 aliphatic heterocycles. The van der Waals surface area contributed by atoms with Crippen molar-refractivity contribution in [2.24, 2.45) is 0 Å². The average molecular weight is 395 g/mol. The van der Waals surface area contributed by atoms with Crippen molar-refractivity contribution in [2.75, 3.05) is 14.2 Å². The summed E-state index contributed by atoms with van der Waals surface area (Å²) in [5.41, 5.74) is 3.66. The van der Waals surface area contributed by atoms with E-state index in [4.69, 9.17) is 9.47 Å². The molecule has 4 nitrogen and oxygen atoms in total. The van der Waals surface area contributed by atoms with Gasteiger partial charge in [0.25, 0.3) is 0 Å². The summed E-state index contributed by atoms with van der Waals surface area (Å²) in [6.45, 7) is 0.305. The highest BCUT2D eigenvalue weighted by Crippen LogP contribution is 2.27. The topological polar surface area (TPSA) is 39.4 Å². The fourth-order valence-corrected chi connectivity index (χ4v) is 3.24. The molecule has 0 amide bonds. The van der Waals surface area contributed by atoms with E-state index in [1.165, 1.54) is 4.70 Å². The molecule has 0 unspecified atom stereocenters. The standard InChI is InChI=1S/C17H16NO3S.BrH/c1-20-15-8-7-12(9-16(15)21-2)14(19)10-18-11-22-17-6-4-3-5-13(17)18;/h3-9,11H,10H2,1-2H3;1H/q+1;. The second-order valence-electron chi connectivity index (χ2n) is 4.81. The second kappa shape index (κ2) is 7.57. The number of benzene rings is 2. The number of halogens is 1. The molecule has 0 spiro atoms. The summed E-state index contributed by atoms with van der Waals surface area (Å²) in [4.78, 5) is 12.5. The van der Waals surface area contributed by atoms with Gasteiger partial charge in [-0.1, -0.05) is 23.5 Å². The first-order valence-corrected chi connectivity index (χ1v) is 7.72. The fraction of sp³-hybridized carbons (Fsp3) is 0.176. The third-order valence-electron chi connectivity index (χ3n) is 3.50. The Kier molecular flexibility index (Phi) is 5.74. The zero-order valence-electron chi connectivity index (χ0n) is 12.8. The zero-order chi connectivity index (χ0) is 15.5. The number of hydrogen-bond donors (Lipinski definition) is 0. The van der Waals surface area contributed by atoms with Gasteiger partial charge in [0.05, 0.1) is 14.2 Å². The highest BCUT2D eigenvalue weighted by atomic mass is 79.9. The third kappa shape index (κ3) is 3.54. The van der Waals surface area contributed by atoms with Crippen LogP contribution in [0, 0.1) is 0 Å². The molecule has 0 saturated carbocycles. The van der Waals surface area contributed by atoms with Gasteiger partial charge in [-0.05, 0) is 24.3 Å². The highest BCUT2D eigenvalue weighted by Gasteiger charge is 2.18. The van der Waals surface area contributed by atoms with E-state index in [1.54, 1.807) is 43.8 Å². The van der Waals surface area contributed by atoms with Crippen LogP contribution in [0.15, 0.2) is 48.0 Å². The minimum absolute atomic E-state index is 0. The molecule has 0 aliphatic carbocycles. The Morgan fingerprint density at radius 1 is 1.09 bits per heavy atom. The minimum Gasteiger partial charge on any atom is -0.493 e. The first-order chi connectivity index (χ1) is 10.7. The van der Waals surface area contributed by atoms with Crippen LogP contribution in [0.1, 0.15) is 10.4 Å². The first-order valence-electron chi connectivity index (χ1n) is 6.84. The van der Waals surface area contributed by atoms with Gasteiger partial charge >= 0.3 is 0 Å². The van der Waals surface area contributed by atoms with Crippen molar-refractivity contribution < 1.29 is 18.8 Å². The van der Waals surface area contributed by atoms with Crippen LogP contribution in [0.5, 0.6) is 11.5 Å². The Bertz CT molecular complexity index is 832. The van der Waals surface area contributed by atoms with Crippen molar-refractivity contribution in [3.8, 4) is 11.5 Å². The van der Waals surface area contributed by atoms with Gasteiger partial charge in [-0.25, -0.2) is 0 Å². The summed E-state index contributed by atoms with van der Waals surface area (Å²) in [5.74, 6) is 1.22. The number of para-hydroxylation sites is 1. The Labute approximate surface area is 149 Å². The van der Waals surface area contributed by atoms with Crippen molar-refractivity contribution in [3.05, 3.63) is 53.5 Å². The minimum atomic E-state index is 0. The number of thiazole rings is 1. The molecule has 3 aromatic rings. The fourth-order valence-electron chi connectivity index (χ4n) is 2.35. The van der Waals surface area contributed by atoms with Crippen LogP contribution in [0.3, 0.4) is 0 Å². The monoisotopic (exact) mass is 394 g/mol. The molecule has 1 heterocycles. The van der Waals surface area contributed by atoms with Crippen LogP contribution < -0.4 is 14.0 Å². The molecule has 3 rings (SSSR count). The quantitative estimate of drug-likeness (QED) is 0.489. The Hall–Kier alpha value is -1.92. The summed E-state index contributed by atoms with van der Waals surface area (Å²) in [7, 11) is 3.14. The molecule has 0 radical (unpaired) electrons. The Morgan fingerprint density at radius 2 is 1.83 bits per heavy atom. The van der Waals surface area contributed by atoms with Crippen molar-refractivity contribution in [1.29, 1.82) is 0 Å². The Balaban J connectivity index is 0.00000192. The lowest BCUT2D eigenvalue weighted by molar-refractivity contribution is -0.652. The van der Waals surface area contributed by atoms with Gasteiger partial charge < -0.3 is 9.47 Å². The van der Waals surface area contributed by atoms with E-state index in [1.807, 2.05) is 28.3 Å². The molecule has 120 valence electrons. The number of fused-ring (bicyclic) bond motifs is 1. The molecular weight excluding hydrogens is 378 g/mol. The number of nitrogens with zero attached hydrogens (tertiary/aromatic N) is 1. The van der Waals surface area contributed by atoms with Gasteiger partial charge in [-0.15, -0.1) is 17.0 Å². The maximum Gasteiger partial charge on any atom is 0.227 e. The first kappa shape index (κ1) is 17.4. The van der Waals surface area contributed by atoms with E-state index >= 15 is 0 Å². The van der Waals surface area contributed by atoms with Gasteiger partial charge in [0.15, 0.2) is 11.5 Å².